The van der Waals surface area contributed by atoms with Gasteiger partial charge in [-0.15, -0.1) is 0 Å². The normalized spacial score (nSPS) is 15.9. The first kappa shape index (κ1) is 9.24. The van der Waals surface area contributed by atoms with Gasteiger partial charge in [0.2, 0.25) is 0 Å². The molecule has 0 bridgehead atoms. The minimum absolute atomic E-state index is 0.233. The lowest BCUT2D eigenvalue weighted by Gasteiger charge is -2.01. The number of aryl methyl sites for hydroxylation is 1. The molecule has 0 aromatic carbocycles. The number of carbonyl (C=O) groups is 1. The zero-order valence-electron chi connectivity index (χ0n) is 8.45. The van der Waals surface area contributed by atoms with E-state index in [4.69, 9.17) is 5.11 Å². The van der Waals surface area contributed by atoms with Crippen molar-refractivity contribution in [2.24, 2.45) is 7.05 Å². The highest BCUT2D eigenvalue weighted by Gasteiger charge is 2.32. The first-order chi connectivity index (χ1) is 6.65. The van der Waals surface area contributed by atoms with E-state index in [1.54, 1.807) is 4.68 Å². The van der Waals surface area contributed by atoms with E-state index in [1.165, 1.54) is 12.8 Å². The maximum atomic E-state index is 10.9. The molecule has 0 amide bonds. The highest BCUT2D eigenvalue weighted by Crippen LogP contribution is 2.42. The molecule has 2 rings (SSSR count). The Hall–Kier alpha value is -1.32. The molecule has 76 valence electrons. The Labute approximate surface area is 82.5 Å². The van der Waals surface area contributed by atoms with E-state index in [0.29, 0.717) is 5.92 Å². The van der Waals surface area contributed by atoms with Crippen LogP contribution in [0.1, 0.15) is 47.4 Å². The summed E-state index contributed by atoms with van der Waals surface area (Å²) >= 11 is 0. The predicted molar refractivity (Wildman–Crippen MR) is 51.5 cm³/mol. The predicted octanol–water partition coefficient (Wildman–Crippen LogP) is 1.56. The molecule has 4 heteroatoms. The maximum absolute atomic E-state index is 10.9. The summed E-state index contributed by atoms with van der Waals surface area (Å²) < 4.78 is 1.74. The van der Waals surface area contributed by atoms with Crippen molar-refractivity contribution < 1.29 is 9.90 Å². The summed E-state index contributed by atoms with van der Waals surface area (Å²) in [7, 11) is 1.83. The molecule has 0 spiro atoms. The Morgan fingerprint density at radius 1 is 1.64 bits per heavy atom. The van der Waals surface area contributed by atoms with Gasteiger partial charge in [-0.25, -0.2) is 4.79 Å². The number of carboxylic acids is 1. The number of nitrogens with zero attached hydrogens (tertiary/aromatic N) is 2. The molecule has 4 nitrogen and oxygen atoms in total. The van der Waals surface area contributed by atoms with Crippen molar-refractivity contribution in [3.05, 3.63) is 17.0 Å². The number of carboxylic acid groups (broad SMARTS) is 1. The molecule has 0 aliphatic heterocycles. The fraction of sp³-hybridized carbons (Fsp3) is 0.600. The lowest BCUT2D eigenvalue weighted by Crippen LogP contribution is -2.01. The first-order valence-corrected chi connectivity index (χ1v) is 4.94. The second kappa shape index (κ2) is 3.12. The van der Waals surface area contributed by atoms with Crippen LogP contribution in [0.25, 0.3) is 0 Å². The number of aromatic carboxylic acids is 1. The molecule has 1 aliphatic rings. The molecule has 0 atom stereocenters. The molecule has 1 heterocycles. The summed E-state index contributed by atoms with van der Waals surface area (Å²) in [6, 6.07) is 0. The fourth-order valence-electron chi connectivity index (χ4n) is 1.97. The zero-order chi connectivity index (χ0) is 10.3. The Kier molecular flexibility index (Phi) is 2.06. The van der Waals surface area contributed by atoms with Gasteiger partial charge in [0, 0.05) is 24.2 Å². The molecule has 1 aromatic rings. The largest absolute Gasteiger partial charge is 0.476 e. The van der Waals surface area contributed by atoms with Gasteiger partial charge in [0.1, 0.15) is 0 Å². The van der Waals surface area contributed by atoms with Crippen LogP contribution in [0.3, 0.4) is 0 Å². The van der Waals surface area contributed by atoms with E-state index >= 15 is 0 Å². The summed E-state index contributed by atoms with van der Waals surface area (Å²) in [6.07, 6.45) is 3.10. The summed E-state index contributed by atoms with van der Waals surface area (Å²) in [5.41, 5.74) is 2.28. The Morgan fingerprint density at radius 2 is 2.29 bits per heavy atom. The number of hydrogen-bond acceptors (Lipinski definition) is 2. The maximum Gasteiger partial charge on any atom is 0.356 e. The first-order valence-electron chi connectivity index (χ1n) is 4.94. The summed E-state index contributed by atoms with van der Waals surface area (Å²) in [5, 5.41) is 13.0. The summed E-state index contributed by atoms with van der Waals surface area (Å²) in [4.78, 5) is 10.9. The lowest BCUT2D eigenvalue weighted by molar-refractivity contribution is 0.0688. The summed E-state index contributed by atoms with van der Waals surface area (Å²) in [6.45, 7) is 1.98. The van der Waals surface area contributed by atoms with E-state index < -0.39 is 5.97 Å². The molecule has 0 saturated heterocycles. The Balaban J connectivity index is 2.52. The zero-order valence-corrected chi connectivity index (χ0v) is 8.45. The van der Waals surface area contributed by atoms with Gasteiger partial charge in [-0.1, -0.05) is 6.92 Å². The van der Waals surface area contributed by atoms with E-state index in [0.717, 1.165) is 17.7 Å². The number of rotatable bonds is 3. The minimum Gasteiger partial charge on any atom is -0.476 e. The van der Waals surface area contributed by atoms with Gasteiger partial charge in [-0.05, 0) is 19.3 Å². The van der Waals surface area contributed by atoms with Gasteiger partial charge in [0.15, 0.2) is 5.69 Å². The molecule has 0 radical (unpaired) electrons. The topological polar surface area (TPSA) is 55.1 Å². The average molecular weight is 194 g/mol. The molecular weight excluding hydrogens is 180 g/mol. The molecule has 1 saturated carbocycles. The third-order valence-electron chi connectivity index (χ3n) is 2.71. The number of aromatic nitrogens is 2. The molecule has 1 N–H and O–H groups in total. The van der Waals surface area contributed by atoms with Crippen molar-refractivity contribution in [2.75, 3.05) is 0 Å². The fourth-order valence-corrected chi connectivity index (χ4v) is 1.97. The molecular formula is C10H14N2O2. The minimum atomic E-state index is -0.913. The second-order valence-electron chi connectivity index (χ2n) is 3.77. The second-order valence-corrected chi connectivity index (χ2v) is 3.77. The highest BCUT2D eigenvalue weighted by molar-refractivity contribution is 5.87. The third-order valence-corrected chi connectivity index (χ3v) is 2.71. The van der Waals surface area contributed by atoms with Crippen LogP contribution < -0.4 is 0 Å². The van der Waals surface area contributed by atoms with E-state index in [-0.39, 0.29) is 5.69 Å². The number of hydrogen-bond donors (Lipinski definition) is 1. The average Bonchev–Trinajstić information content (AvgIpc) is 2.89. The molecule has 1 aromatic heterocycles. The smallest absolute Gasteiger partial charge is 0.356 e. The van der Waals surface area contributed by atoms with Crippen LogP contribution in [0.5, 0.6) is 0 Å². The van der Waals surface area contributed by atoms with E-state index in [9.17, 15) is 4.79 Å². The Bertz CT molecular complexity index is 378. The third kappa shape index (κ3) is 1.31. The van der Waals surface area contributed by atoms with Crippen molar-refractivity contribution >= 4 is 5.97 Å². The molecule has 14 heavy (non-hydrogen) atoms. The SMILES string of the molecule is CCc1c(C(=O)O)nn(C)c1C1CC1. The van der Waals surface area contributed by atoms with Crippen molar-refractivity contribution in [3.8, 4) is 0 Å². The van der Waals surface area contributed by atoms with Gasteiger partial charge in [0.25, 0.3) is 0 Å². The quantitative estimate of drug-likeness (QED) is 0.794. The van der Waals surface area contributed by atoms with Crippen molar-refractivity contribution in [2.45, 2.75) is 32.1 Å². The Morgan fingerprint density at radius 3 is 2.71 bits per heavy atom. The van der Waals surface area contributed by atoms with Crippen LogP contribution in [0.4, 0.5) is 0 Å². The van der Waals surface area contributed by atoms with E-state index in [1.807, 2.05) is 14.0 Å². The van der Waals surface area contributed by atoms with Gasteiger partial charge in [-0.2, -0.15) is 5.10 Å². The van der Waals surface area contributed by atoms with Crippen LogP contribution in [0, 0.1) is 0 Å². The van der Waals surface area contributed by atoms with Gasteiger partial charge in [0.05, 0.1) is 0 Å². The molecule has 0 unspecified atom stereocenters. The van der Waals surface area contributed by atoms with Crippen molar-refractivity contribution in [3.63, 3.8) is 0 Å². The summed E-state index contributed by atoms with van der Waals surface area (Å²) in [5.74, 6) is -0.361. The van der Waals surface area contributed by atoms with Crippen LogP contribution >= 0.6 is 0 Å². The van der Waals surface area contributed by atoms with Crippen LogP contribution in [-0.2, 0) is 13.5 Å². The highest BCUT2D eigenvalue weighted by atomic mass is 16.4. The van der Waals surface area contributed by atoms with Crippen molar-refractivity contribution in [1.29, 1.82) is 0 Å². The van der Waals surface area contributed by atoms with Crippen molar-refractivity contribution in [1.82, 2.24) is 9.78 Å². The van der Waals surface area contributed by atoms with Gasteiger partial charge in [-0.3, -0.25) is 4.68 Å². The standard InChI is InChI=1S/C10H14N2O2/c1-3-7-8(10(13)14)11-12(2)9(7)6-4-5-6/h6H,3-5H2,1-2H3,(H,13,14). The molecule has 1 fully saturated rings. The van der Waals surface area contributed by atoms with Gasteiger partial charge >= 0.3 is 5.97 Å². The van der Waals surface area contributed by atoms with Crippen LogP contribution in [0.15, 0.2) is 0 Å². The van der Waals surface area contributed by atoms with Crippen LogP contribution in [-0.4, -0.2) is 20.9 Å². The van der Waals surface area contributed by atoms with E-state index in [2.05, 4.69) is 5.10 Å². The monoisotopic (exact) mass is 194 g/mol. The van der Waals surface area contributed by atoms with Gasteiger partial charge < -0.3 is 5.11 Å². The molecule has 1 aliphatic carbocycles. The lowest BCUT2D eigenvalue weighted by atomic mass is 10.1. The van der Waals surface area contributed by atoms with Crippen LogP contribution in [0.2, 0.25) is 0 Å².